The first kappa shape index (κ1) is 26.5. The van der Waals surface area contributed by atoms with E-state index in [0.717, 1.165) is 66.9 Å². The van der Waals surface area contributed by atoms with E-state index in [0.29, 0.717) is 12.2 Å². The Balaban J connectivity index is 1.18. The summed E-state index contributed by atoms with van der Waals surface area (Å²) in [6.07, 6.45) is 11.0. The Morgan fingerprint density at radius 1 is 0.850 bits per heavy atom. The molecule has 2 aliphatic rings. The summed E-state index contributed by atoms with van der Waals surface area (Å²) < 4.78 is 0. The third kappa shape index (κ3) is 5.36. The molecule has 5 heteroatoms. The number of hydrogen-bond donors (Lipinski definition) is 2. The highest BCUT2D eigenvalue weighted by atomic mass is 32.1. The summed E-state index contributed by atoms with van der Waals surface area (Å²) in [5, 5.41) is 14.0. The van der Waals surface area contributed by atoms with Crippen LogP contribution >= 0.6 is 11.3 Å². The average molecular weight is 549 g/mol. The maximum Gasteiger partial charge on any atom is 0.345 e. The number of hydrogen-bond acceptors (Lipinski definition) is 3. The summed E-state index contributed by atoms with van der Waals surface area (Å²) in [6.45, 7) is 2.73. The maximum absolute atomic E-state index is 12.4. The van der Waals surface area contributed by atoms with Gasteiger partial charge in [-0.2, -0.15) is 5.06 Å². The lowest BCUT2D eigenvalue weighted by atomic mass is 9.78. The van der Waals surface area contributed by atoms with Crippen molar-refractivity contribution in [2.24, 2.45) is 0 Å². The molecular formula is C35H36N2O2S. The third-order valence-corrected chi connectivity index (χ3v) is 9.40. The molecule has 4 aromatic rings. The number of fused-ring (bicyclic) bond motifs is 5. The first-order valence-electron chi connectivity index (χ1n) is 14.5. The normalized spacial score (nSPS) is 13.6. The fourth-order valence-electron chi connectivity index (χ4n) is 6.05. The number of hydroxylamine groups is 1. The van der Waals surface area contributed by atoms with Gasteiger partial charge in [-0.3, -0.25) is 5.21 Å². The zero-order valence-electron chi connectivity index (χ0n) is 23.1. The van der Waals surface area contributed by atoms with Crippen LogP contribution in [-0.2, 0) is 19.3 Å². The van der Waals surface area contributed by atoms with Gasteiger partial charge in [0.25, 0.3) is 0 Å². The molecule has 0 bridgehead atoms. The van der Waals surface area contributed by atoms with Crippen LogP contribution in [-0.4, -0.2) is 17.8 Å². The molecule has 2 aliphatic carbocycles. The summed E-state index contributed by atoms with van der Waals surface area (Å²) in [7, 11) is 0. The van der Waals surface area contributed by atoms with E-state index in [-0.39, 0.29) is 0 Å². The van der Waals surface area contributed by atoms with E-state index in [2.05, 4.69) is 66.8 Å². The van der Waals surface area contributed by atoms with E-state index in [1.54, 1.807) is 17.4 Å². The fraction of sp³-hybridized carbons (Fsp3) is 0.286. The van der Waals surface area contributed by atoms with Crippen molar-refractivity contribution < 1.29 is 10.0 Å². The second-order valence-corrected chi connectivity index (χ2v) is 11.9. The molecule has 0 saturated heterocycles. The SMILES string of the molecule is CCCCCCNC(=O)N(O)c1cccc(-c2ccc(C3=Cc4ccc5c(c4CC3)CCc3ccccc3-5)s2)c1. The van der Waals surface area contributed by atoms with Gasteiger partial charge in [0.05, 0.1) is 5.69 Å². The van der Waals surface area contributed by atoms with Crippen molar-refractivity contribution in [3.8, 4) is 21.6 Å². The van der Waals surface area contributed by atoms with Crippen molar-refractivity contribution in [2.75, 3.05) is 11.6 Å². The zero-order chi connectivity index (χ0) is 27.5. The molecule has 1 heterocycles. The quantitative estimate of drug-likeness (QED) is 0.131. The molecule has 0 saturated carbocycles. The number of amides is 2. The topological polar surface area (TPSA) is 52.6 Å². The van der Waals surface area contributed by atoms with Crippen LogP contribution in [0.3, 0.4) is 0 Å². The van der Waals surface area contributed by atoms with Gasteiger partial charge in [0, 0.05) is 16.3 Å². The van der Waals surface area contributed by atoms with Crippen molar-refractivity contribution in [1.82, 2.24) is 5.32 Å². The van der Waals surface area contributed by atoms with Crippen LogP contribution < -0.4 is 10.4 Å². The summed E-state index contributed by atoms with van der Waals surface area (Å²) in [4.78, 5) is 14.8. The second-order valence-electron chi connectivity index (χ2n) is 10.8. The molecule has 6 rings (SSSR count). The second kappa shape index (κ2) is 11.8. The van der Waals surface area contributed by atoms with Crippen LogP contribution in [0.15, 0.2) is 72.8 Å². The predicted molar refractivity (Wildman–Crippen MR) is 167 cm³/mol. The number of nitrogens with zero attached hydrogens (tertiary/aromatic N) is 1. The lowest BCUT2D eigenvalue weighted by Crippen LogP contribution is -2.38. The van der Waals surface area contributed by atoms with E-state index < -0.39 is 6.03 Å². The molecule has 2 N–H and O–H groups in total. The van der Waals surface area contributed by atoms with Crippen molar-refractivity contribution in [2.45, 2.75) is 58.3 Å². The molecule has 0 fully saturated rings. The zero-order valence-corrected chi connectivity index (χ0v) is 23.9. The van der Waals surface area contributed by atoms with Crippen LogP contribution in [0.4, 0.5) is 10.5 Å². The Morgan fingerprint density at radius 3 is 2.60 bits per heavy atom. The third-order valence-electron chi connectivity index (χ3n) is 8.19. The number of urea groups is 1. The van der Waals surface area contributed by atoms with Gasteiger partial charge in [-0.25, -0.2) is 4.79 Å². The molecule has 3 aromatic carbocycles. The molecule has 40 heavy (non-hydrogen) atoms. The minimum atomic E-state index is -0.489. The molecule has 204 valence electrons. The molecular weight excluding hydrogens is 512 g/mol. The lowest BCUT2D eigenvalue weighted by molar-refractivity contribution is 0.204. The van der Waals surface area contributed by atoms with Gasteiger partial charge < -0.3 is 5.32 Å². The summed E-state index contributed by atoms with van der Waals surface area (Å²) >= 11 is 1.77. The van der Waals surface area contributed by atoms with Crippen LogP contribution in [0.5, 0.6) is 0 Å². The molecule has 2 amide bonds. The summed E-state index contributed by atoms with van der Waals surface area (Å²) in [5.74, 6) is 0. The van der Waals surface area contributed by atoms with Crippen molar-refractivity contribution >= 4 is 34.7 Å². The van der Waals surface area contributed by atoms with Crippen LogP contribution in [0.25, 0.3) is 33.2 Å². The van der Waals surface area contributed by atoms with E-state index in [9.17, 15) is 10.0 Å². The Labute approximate surface area is 241 Å². The Kier molecular flexibility index (Phi) is 7.85. The highest BCUT2D eigenvalue weighted by Crippen LogP contribution is 2.42. The molecule has 0 atom stereocenters. The van der Waals surface area contributed by atoms with E-state index >= 15 is 0 Å². The van der Waals surface area contributed by atoms with Crippen LogP contribution in [0.2, 0.25) is 0 Å². The van der Waals surface area contributed by atoms with Gasteiger partial charge in [-0.1, -0.05) is 80.8 Å². The number of carbonyl (C=O) groups excluding carboxylic acids is 1. The van der Waals surface area contributed by atoms with Crippen molar-refractivity contribution in [3.05, 3.63) is 99.9 Å². The molecule has 0 radical (unpaired) electrons. The minimum Gasteiger partial charge on any atom is -0.336 e. The Hall–Kier alpha value is -3.67. The van der Waals surface area contributed by atoms with Crippen LogP contribution in [0, 0.1) is 0 Å². The number of allylic oxidation sites excluding steroid dienone is 1. The standard InChI is InChI=1S/C35H36N2O2S/c1-2-3-4-7-21-36-35(38)37(39)28-11-8-10-26(23-28)33-19-20-34(40-33)27-15-16-30-25(22-27)14-18-31-29-12-6-5-9-24(29)13-17-32(30)31/h5-6,8-12,14,18-20,22-23,39H,2-4,7,13,15-17,21H2,1H3,(H,36,38). The summed E-state index contributed by atoms with van der Waals surface area (Å²) in [6, 6.07) is 24.9. The molecule has 0 spiro atoms. The molecule has 1 aromatic heterocycles. The fourth-order valence-corrected chi connectivity index (χ4v) is 7.10. The number of rotatable bonds is 8. The minimum absolute atomic E-state index is 0.468. The Bertz CT molecular complexity index is 1570. The smallest absolute Gasteiger partial charge is 0.336 e. The maximum atomic E-state index is 12.4. The van der Waals surface area contributed by atoms with Gasteiger partial charge in [-0.15, -0.1) is 11.3 Å². The number of thiophene rings is 1. The largest absolute Gasteiger partial charge is 0.345 e. The molecule has 4 nitrogen and oxygen atoms in total. The lowest BCUT2D eigenvalue weighted by Gasteiger charge is -2.26. The number of carbonyl (C=O) groups is 1. The average Bonchev–Trinajstić information content (AvgIpc) is 3.50. The highest BCUT2D eigenvalue weighted by molar-refractivity contribution is 7.16. The first-order valence-corrected chi connectivity index (χ1v) is 15.3. The van der Waals surface area contributed by atoms with Gasteiger partial charge in [0.2, 0.25) is 0 Å². The van der Waals surface area contributed by atoms with Crippen molar-refractivity contribution in [3.63, 3.8) is 0 Å². The van der Waals surface area contributed by atoms with E-state index in [4.69, 9.17) is 0 Å². The molecule has 0 unspecified atom stereocenters. The van der Waals surface area contributed by atoms with Gasteiger partial charge in [-0.05, 0) is 101 Å². The monoisotopic (exact) mass is 548 g/mol. The van der Waals surface area contributed by atoms with Gasteiger partial charge >= 0.3 is 6.03 Å². The number of nitrogens with one attached hydrogen (secondary N) is 1. The Morgan fingerprint density at radius 2 is 1.70 bits per heavy atom. The summed E-state index contributed by atoms with van der Waals surface area (Å²) in [5.41, 5.74) is 11.5. The van der Waals surface area contributed by atoms with E-state index in [1.165, 1.54) is 43.8 Å². The van der Waals surface area contributed by atoms with Crippen molar-refractivity contribution in [1.29, 1.82) is 0 Å². The number of anilines is 1. The number of unbranched alkanes of at least 4 members (excludes halogenated alkanes) is 3. The van der Waals surface area contributed by atoms with Crippen LogP contribution in [0.1, 0.15) is 66.2 Å². The number of aryl methyl sites for hydroxylation is 1. The highest BCUT2D eigenvalue weighted by Gasteiger charge is 2.23. The first-order chi connectivity index (χ1) is 19.6. The predicted octanol–water partition coefficient (Wildman–Crippen LogP) is 9.15. The number of benzene rings is 3. The van der Waals surface area contributed by atoms with E-state index in [1.807, 2.05) is 18.2 Å². The van der Waals surface area contributed by atoms with Gasteiger partial charge in [0.15, 0.2) is 0 Å². The molecule has 0 aliphatic heterocycles. The van der Waals surface area contributed by atoms with Gasteiger partial charge in [0.1, 0.15) is 0 Å².